The smallest absolute Gasteiger partial charge is 0.252 e. The molecule has 60 heavy (non-hydrogen) atoms. The van der Waals surface area contributed by atoms with Crippen LogP contribution in [0.4, 0.5) is 28.4 Å². The third kappa shape index (κ3) is 6.16. The summed E-state index contributed by atoms with van der Waals surface area (Å²) in [5, 5.41) is 6.79. The first-order chi connectivity index (χ1) is 28.3. The van der Waals surface area contributed by atoms with E-state index in [1.54, 1.807) is 0 Å². The zero-order valence-electron chi connectivity index (χ0n) is 37.6. The molecule has 7 aromatic rings. The van der Waals surface area contributed by atoms with E-state index in [0.29, 0.717) is 0 Å². The van der Waals surface area contributed by atoms with Crippen LogP contribution in [0.2, 0.25) is 0 Å². The van der Waals surface area contributed by atoms with Gasteiger partial charge in [0.05, 0.1) is 0 Å². The van der Waals surface area contributed by atoms with Gasteiger partial charge in [-0.15, -0.1) is 0 Å². The molecule has 0 fully saturated rings. The van der Waals surface area contributed by atoms with Crippen LogP contribution >= 0.6 is 0 Å². The molecule has 2 bridgehead atoms. The van der Waals surface area contributed by atoms with Crippen LogP contribution in [0.25, 0.3) is 33.0 Å². The van der Waals surface area contributed by atoms with Crippen LogP contribution in [0.15, 0.2) is 121 Å². The molecule has 0 aliphatic carbocycles. The molecule has 2 nitrogen and oxygen atoms in total. The second-order valence-electron chi connectivity index (χ2n) is 21.9. The predicted octanol–water partition coefficient (Wildman–Crippen LogP) is 11.7. The first-order valence-corrected chi connectivity index (χ1v) is 22.0. The maximum absolute atomic E-state index is 4.26. The summed E-state index contributed by atoms with van der Waals surface area (Å²) in [6.45, 7) is 27.9. The van der Waals surface area contributed by atoms with Gasteiger partial charge in [-0.05, 0) is 113 Å². The molecular formula is C56H57B2N2. The highest BCUT2D eigenvalue weighted by atomic mass is 15.2. The third-order valence-corrected chi connectivity index (χ3v) is 13.5. The predicted molar refractivity (Wildman–Crippen MR) is 264 cm³/mol. The van der Waals surface area contributed by atoms with Crippen molar-refractivity contribution in [1.82, 2.24) is 0 Å². The number of benzene rings is 7. The second kappa shape index (κ2) is 13.0. The third-order valence-electron chi connectivity index (χ3n) is 13.5. The number of nitrogens with one attached hydrogen (secondary N) is 1. The fraction of sp³-hybridized carbons (Fsp3) is 0.286. The van der Waals surface area contributed by atoms with Crippen molar-refractivity contribution >= 4 is 80.5 Å². The molecule has 4 heteroatoms. The van der Waals surface area contributed by atoms with E-state index in [4.69, 9.17) is 0 Å². The normalized spacial score (nSPS) is 14.2. The molecule has 0 saturated carbocycles. The van der Waals surface area contributed by atoms with Crippen LogP contribution in [0.1, 0.15) is 105 Å². The molecule has 7 aromatic carbocycles. The minimum absolute atomic E-state index is 0.000373. The number of anilines is 5. The number of hydrogen-bond acceptors (Lipinski definition) is 2. The van der Waals surface area contributed by atoms with Gasteiger partial charge in [-0.1, -0.05) is 185 Å². The number of hydrogen-bond donors (Lipinski definition) is 1. The Morgan fingerprint density at radius 1 is 0.433 bits per heavy atom. The van der Waals surface area contributed by atoms with E-state index in [1.807, 2.05) is 0 Å². The molecule has 0 aromatic heterocycles. The zero-order valence-corrected chi connectivity index (χ0v) is 37.6. The molecule has 0 spiro atoms. The summed E-state index contributed by atoms with van der Waals surface area (Å²) < 4.78 is 0. The standard InChI is InChI=1S/C56H57B2N2/c1-53(2,3)35-17-21-39(22-18-35)60-48-26-25-42-40-23-19-36(54(4,5)6)30-44(40)57-45-31-37(55(7,8)9)20-24-41(45)43-29-38(56(10,11)12)32-47-51(43)59-52(42)50(48)58(47)46-27-33-15-13-14-16-34(33)28-49(46)60/h13-32,59H,1-12H3. The summed E-state index contributed by atoms with van der Waals surface area (Å²) >= 11 is 0. The molecule has 1 radical (unpaired) electrons. The summed E-state index contributed by atoms with van der Waals surface area (Å²) in [7, 11) is 2.49. The summed E-state index contributed by atoms with van der Waals surface area (Å²) in [6.07, 6.45) is 0. The van der Waals surface area contributed by atoms with Crippen LogP contribution in [-0.4, -0.2) is 14.0 Å². The Morgan fingerprint density at radius 3 is 1.55 bits per heavy atom. The van der Waals surface area contributed by atoms with Gasteiger partial charge in [-0.25, -0.2) is 0 Å². The van der Waals surface area contributed by atoms with Crippen molar-refractivity contribution in [3.63, 3.8) is 0 Å². The molecule has 0 atom stereocenters. The van der Waals surface area contributed by atoms with Crippen LogP contribution < -0.4 is 37.5 Å². The van der Waals surface area contributed by atoms with Crippen molar-refractivity contribution in [3.8, 4) is 22.3 Å². The molecule has 10 rings (SSSR count). The van der Waals surface area contributed by atoms with Crippen molar-refractivity contribution in [3.05, 3.63) is 144 Å². The fourth-order valence-corrected chi connectivity index (χ4v) is 9.88. The van der Waals surface area contributed by atoms with Gasteiger partial charge in [-0.2, -0.15) is 0 Å². The van der Waals surface area contributed by atoms with Gasteiger partial charge in [0.1, 0.15) is 0 Å². The van der Waals surface area contributed by atoms with E-state index >= 15 is 0 Å². The Labute approximate surface area is 359 Å². The SMILES string of the molecule is CC(C)(C)c1ccc(N2c3cc4ccccc4cc3B3c4cc(C(C)(C)C)cc5c4Nc4c(ccc2c43)-c2ccc(C(C)(C)C)cc2[B]c2cc(C(C)(C)C)ccc2-5)cc1. The number of nitrogens with zero attached hydrogens (tertiary/aromatic N) is 1. The van der Waals surface area contributed by atoms with Crippen molar-refractivity contribution in [1.29, 1.82) is 0 Å². The van der Waals surface area contributed by atoms with E-state index in [1.165, 1.54) is 111 Å². The van der Waals surface area contributed by atoms with Crippen molar-refractivity contribution in [2.24, 2.45) is 0 Å². The summed E-state index contributed by atoms with van der Waals surface area (Å²) in [5.74, 6) is 0. The van der Waals surface area contributed by atoms with E-state index in [0.717, 1.165) is 0 Å². The van der Waals surface area contributed by atoms with Crippen molar-refractivity contribution in [2.75, 3.05) is 10.2 Å². The van der Waals surface area contributed by atoms with Gasteiger partial charge in [-0.3, -0.25) is 0 Å². The molecule has 0 saturated heterocycles. The molecule has 0 amide bonds. The minimum atomic E-state index is -0.0725. The van der Waals surface area contributed by atoms with Gasteiger partial charge in [0, 0.05) is 39.6 Å². The lowest BCUT2D eigenvalue weighted by Crippen LogP contribution is -2.60. The van der Waals surface area contributed by atoms with E-state index in [9.17, 15) is 0 Å². The molecular weight excluding hydrogens is 722 g/mol. The molecule has 3 aliphatic heterocycles. The molecule has 1 N–H and O–H groups in total. The lowest BCUT2D eigenvalue weighted by atomic mass is 9.33. The number of fused-ring (bicyclic) bond motifs is 8. The molecule has 3 heterocycles. The Bertz CT molecular complexity index is 2910. The van der Waals surface area contributed by atoms with Gasteiger partial charge >= 0.3 is 0 Å². The van der Waals surface area contributed by atoms with E-state index in [2.05, 4.69) is 222 Å². The average Bonchev–Trinajstić information content (AvgIpc) is 3.18. The Balaban J connectivity index is 1.35. The Kier molecular flexibility index (Phi) is 8.40. The maximum Gasteiger partial charge on any atom is 0.252 e. The first kappa shape index (κ1) is 38.7. The van der Waals surface area contributed by atoms with Crippen LogP contribution in [0.5, 0.6) is 0 Å². The topological polar surface area (TPSA) is 15.3 Å². The van der Waals surface area contributed by atoms with Crippen molar-refractivity contribution in [2.45, 2.75) is 105 Å². The van der Waals surface area contributed by atoms with Crippen LogP contribution in [0, 0.1) is 0 Å². The van der Waals surface area contributed by atoms with Crippen molar-refractivity contribution < 1.29 is 0 Å². The van der Waals surface area contributed by atoms with E-state index in [-0.39, 0.29) is 28.4 Å². The lowest BCUT2D eigenvalue weighted by molar-refractivity contribution is 0.590. The highest BCUT2D eigenvalue weighted by molar-refractivity contribution is 7.00. The Hall–Kier alpha value is -5.47. The van der Waals surface area contributed by atoms with Crippen LogP contribution in [0.3, 0.4) is 0 Å². The van der Waals surface area contributed by atoms with Gasteiger partial charge in [0.2, 0.25) is 0 Å². The van der Waals surface area contributed by atoms with E-state index < -0.39 is 0 Å². The largest absolute Gasteiger partial charge is 0.355 e. The summed E-state index contributed by atoms with van der Waals surface area (Å²) in [5.41, 5.74) is 23.0. The monoisotopic (exact) mass is 779 g/mol. The first-order valence-electron chi connectivity index (χ1n) is 22.0. The second-order valence-corrected chi connectivity index (χ2v) is 21.9. The van der Waals surface area contributed by atoms with Gasteiger partial charge in [0.15, 0.2) is 7.28 Å². The summed E-state index contributed by atoms with van der Waals surface area (Å²) in [4.78, 5) is 2.54. The fourth-order valence-electron chi connectivity index (χ4n) is 9.88. The van der Waals surface area contributed by atoms with Gasteiger partial charge in [0.25, 0.3) is 6.71 Å². The minimum Gasteiger partial charge on any atom is -0.355 e. The van der Waals surface area contributed by atoms with Crippen LogP contribution in [-0.2, 0) is 21.7 Å². The average molecular weight is 780 g/mol. The maximum atomic E-state index is 4.26. The molecule has 297 valence electrons. The molecule has 0 unspecified atom stereocenters. The quantitative estimate of drug-likeness (QED) is 0.167. The molecule has 3 aliphatic rings. The highest BCUT2D eigenvalue weighted by Crippen LogP contribution is 2.46. The lowest BCUT2D eigenvalue weighted by Gasteiger charge is -2.43. The zero-order chi connectivity index (χ0) is 42.3. The highest BCUT2D eigenvalue weighted by Gasteiger charge is 2.44. The summed E-state index contributed by atoms with van der Waals surface area (Å²) in [6, 6.07) is 47.4. The Morgan fingerprint density at radius 2 is 0.967 bits per heavy atom. The van der Waals surface area contributed by atoms with Gasteiger partial charge < -0.3 is 10.2 Å². The number of rotatable bonds is 1.